The lowest BCUT2D eigenvalue weighted by molar-refractivity contribution is 0.100. The van der Waals surface area contributed by atoms with Gasteiger partial charge in [0.25, 0.3) is 11.8 Å². The highest BCUT2D eigenvalue weighted by Crippen LogP contribution is 2.21. The number of rotatable bonds is 5. The number of nitrogens with one attached hydrogen (secondary N) is 1. The van der Waals surface area contributed by atoms with E-state index in [0.717, 1.165) is 5.56 Å². The van der Waals surface area contributed by atoms with Crippen LogP contribution in [0.15, 0.2) is 53.7 Å². The fourth-order valence-electron chi connectivity index (χ4n) is 2.13. The van der Waals surface area contributed by atoms with E-state index in [-0.39, 0.29) is 5.91 Å². The van der Waals surface area contributed by atoms with E-state index in [1.807, 2.05) is 22.9 Å². The Kier molecular flexibility index (Phi) is 4.20. The fraction of sp³-hybridized carbons (Fsp3) is 0.0625. The molecule has 3 N–H and O–H groups in total. The first kappa shape index (κ1) is 15.0. The van der Waals surface area contributed by atoms with Gasteiger partial charge in [0, 0.05) is 35.3 Å². The summed E-state index contributed by atoms with van der Waals surface area (Å²) in [5.41, 5.74) is 7.60. The maximum Gasteiger partial charge on any atom is 0.255 e. The number of aromatic nitrogens is 2. The van der Waals surface area contributed by atoms with Gasteiger partial charge in [0.15, 0.2) is 0 Å². The van der Waals surface area contributed by atoms with Gasteiger partial charge in [-0.2, -0.15) is 0 Å². The second kappa shape index (κ2) is 6.45. The predicted molar refractivity (Wildman–Crippen MR) is 88.6 cm³/mol. The number of nitrogens with zero attached hydrogens (tertiary/aromatic N) is 2. The molecule has 0 aliphatic heterocycles. The molecule has 0 fully saturated rings. The van der Waals surface area contributed by atoms with Crippen molar-refractivity contribution < 1.29 is 9.59 Å². The van der Waals surface area contributed by atoms with Crippen LogP contribution >= 0.6 is 11.3 Å². The van der Waals surface area contributed by atoms with E-state index in [0.29, 0.717) is 23.4 Å². The summed E-state index contributed by atoms with van der Waals surface area (Å²) < 4.78 is 1.94. The summed E-state index contributed by atoms with van der Waals surface area (Å²) in [5, 5.41) is 6.01. The third kappa shape index (κ3) is 3.46. The highest BCUT2D eigenvalue weighted by atomic mass is 32.1. The van der Waals surface area contributed by atoms with E-state index < -0.39 is 5.91 Å². The Bertz CT molecular complexity index is 822. The van der Waals surface area contributed by atoms with E-state index in [4.69, 9.17) is 5.73 Å². The Morgan fingerprint density at radius 2 is 2.00 bits per heavy atom. The molecule has 0 bridgehead atoms. The number of benzene rings is 1. The molecule has 6 nitrogen and oxygen atoms in total. The lowest BCUT2D eigenvalue weighted by Gasteiger charge is -2.07. The zero-order chi connectivity index (χ0) is 16.2. The topological polar surface area (TPSA) is 90.0 Å². The second-order valence-electron chi connectivity index (χ2n) is 4.95. The van der Waals surface area contributed by atoms with Gasteiger partial charge in [0.05, 0.1) is 17.6 Å². The largest absolute Gasteiger partial charge is 0.366 e. The van der Waals surface area contributed by atoms with Crippen molar-refractivity contribution in [2.24, 2.45) is 5.73 Å². The molecule has 7 heteroatoms. The Balaban J connectivity index is 1.70. The van der Waals surface area contributed by atoms with Gasteiger partial charge in [-0.1, -0.05) is 12.1 Å². The summed E-state index contributed by atoms with van der Waals surface area (Å²) >= 11 is 1.31. The molecular formula is C16H14N4O2S. The second-order valence-corrected chi connectivity index (χ2v) is 5.69. The van der Waals surface area contributed by atoms with Gasteiger partial charge in [-0.05, 0) is 17.7 Å². The van der Waals surface area contributed by atoms with Crippen molar-refractivity contribution in [2.45, 2.75) is 6.54 Å². The summed E-state index contributed by atoms with van der Waals surface area (Å²) in [6.45, 7) is 0.693. The molecule has 2 amide bonds. The lowest BCUT2D eigenvalue weighted by atomic mass is 10.1. The van der Waals surface area contributed by atoms with Crippen LogP contribution in [0.3, 0.4) is 0 Å². The molecular weight excluding hydrogens is 312 g/mol. The molecule has 0 saturated carbocycles. The molecule has 2 aromatic heterocycles. The van der Waals surface area contributed by atoms with Gasteiger partial charge in [0.2, 0.25) is 0 Å². The minimum Gasteiger partial charge on any atom is -0.366 e. The maximum atomic E-state index is 12.2. The molecule has 0 aliphatic rings. The molecule has 23 heavy (non-hydrogen) atoms. The fourth-order valence-corrected chi connectivity index (χ4v) is 2.90. The molecule has 0 radical (unpaired) electrons. The molecule has 0 aliphatic carbocycles. The summed E-state index contributed by atoms with van der Waals surface area (Å²) in [6, 6.07) is 7.27. The van der Waals surface area contributed by atoms with Crippen molar-refractivity contribution in [2.75, 3.05) is 5.32 Å². The van der Waals surface area contributed by atoms with Gasteiger partial charge < -0.3 is 15.6 Å². The van der Waals surface area contributed by atoms with E-state index in [1.165, 1.54) is 11.3 Å². The van der Waals surface area contributed by atoms with Gasteiger partial charge in [-0.15, -0.1) is 11.3 Å². The summed E-state index contributed by atoms with van der Waals surface area (Å²) in [4.78, 5) is 27.5. The number of hydrogen-bond acceptors (Lipinski definition) is 4. The summed E-state index contributed by atoms with van der Waals surface area (Å²) in [6.07, 6.45) is 5.34. The number of amides is 2. The van der Waals surface area contributed by atoms with Crippen molar-refractivity contribution in [1.29, 1.82) is 0 Å². The Morgan fingerprint density at radius 1 is 1.22 bits per heavy atom. The predicted octanol–water partition coefficient (Wildman–Crippen LogP) is 2.34. The molecule has 116 valence electrons. The average molecular weight is 326 g/mol. The van der Waals surface area contributed by atoms with Crippen LogP contribution in [0.2, 0.25) is 0 Å². The quantitative estimate of drug-likeness (QED) is 0.754. The molecule has 0 unspecified atom stereocenters. The molecule has 0 spiro atoms. The van der Waals surface area contributed by atoms with Crippen molar-refractivity contribution in [3.63, 3.8) is 0 Å². The van der Waals surface area contributed by atoms with Crippen LogP contribution in [0.1, 0.15) is 26.3 Å². The minimum atomic E-state index is -0.558. The lowest BCUT2D eigenvalue weighted by Crippen LogP contribution is -2.16. The SMILES string of the molecule is NC(=O)c1cscc1NC(=O)c1ccc(Cn2ccnc2)cc1. The first-order chi connectivity index (χ1) is 11.1. The first-order valence-electron chi connectivity index (χ1n) is 6.85. The van der Waals surface area contributed by atoms with Crippen LogP contribution in [0.25, 0.3) is 0 Å². The van der Waals surface area contributed by atoms with Crippen molar-refractivity contribution >= 4 is 28.8 Å². The van der Waals surface area contributed by atoms with Crippen LogP contribution in [0, 0.1) is 0 Å². The van der Waals surface area contributed by atoms with Gasteiger partial charge >= 0.3 is 0 Å². The van der Waals surface area contributed by atoms with Crippen molar-refractivity contribution in [3.8, 4) is 0 Å². The number of hydrogen-bond donors (Lipinski definition) is 2. The number of carbonyl (C=O) groups excluding carboxylic acids is 2. The van der Waals surface area contributed by atoms with Gasteiger partial charge in [-0.3, -0.25) is 9.59 Å². The number of anilines is 1. The number of thiophene rings is 1. The summed E-state index contributed by atoms with van der Waals surface area (Å²) in [5.74, 6) is -0.836. The Morgan fingerprint density at radius 3 is 2.65 bits per heavy atom. The van der Waals surface area contributed by atoms with Crippen molar-refractivity contribution in [3.05, 3.63) is 70.4 Å². The van der Waals surface area contributed by atoms with Gasteiger partial charge in [-0.25, -0.2) is 4.98 Å². The van der Waals surface area contributed by atoms with Crippen LogP contribution in [-0.2, 0) is 6.54 Å². The van der Waals surface area contributed by atoms with E-state index in [9.17, 15) is 9.59 Å². The van der Waals surface area contributed by atoms with E-state index in [1.54, 1.807) is 35.4 Å². The third-order valence-corrected chi connectivity index (χ3v) is 4.06. The number of imidazole rings is 1. The van der Waals surface area contributed by atoms with Crippen LogP contribution in [0.4, 0.5) is 5.69 Å². The summed E-state index contributed by atoms with van der Waals surface area (Å²) in [7, 11) is 0. The van der Waals surface area contributed by atoms with E-state index >= 15 is 0 Å². The highest BCUT2D eigenvalue weighted by Gasteiger charge is 2.13. The molecule has 0 saturated heterocycles. The van der Waals surface area contributed by atoms with E-state index in [2.05, 4.69) is 10.3 Å². The normalized spacial score (nSPS) is 10.4. The molecule has 3 rings (SSSR count). The third-order valence-electron chi connectivity index (χ3n) is 3.32. The zero-order valence-electron chi connectivity index (χ0n) is 12.1. The highest BCUT2D eigenvalue weighted by molar-refractivity contribution is 7.08. The smallest absolute Gasteiger partial charge is 0.255 e. The average Bonchev–Trinajstić information content (AvgIpc) is 3.19. The Labute approximate surface area is 136 Å². The number of primary amides is 1. The monoisotopic (exact) mass is 326 g/mol. The number of nitrogens with two attached hydrogens (primary N) is 1. The molecule has 0 atom stereocenters. The van der Waals surface area contributed by atoms with Crippen molar-refractivity contribution in [1.82, 2.24) is 9.55 Å². The molecule has 2 heterocycles. The molecule has 1 aromatic carbocycles. The zero-order valence-corrected chi connectivity index (χ0v) is 12.9. The Hall–Kier alpha value is -2.93. The van der Waals surface area contributed by atoms with Crippen LogP contribution in [-0.4, -0.2) is 21.4 Å². The number of carbonyl (C=O) groups is 2. The first-order valence-corrected chi connectivity index (χ1v) is 7.80. The minimum absolute atomic E-state index is 0.278. The molecule has 3 aromatic rings. The van der Waals surface area contributed by atoms with Crippen LogP contribution in [0.5, 0.6) is 0 Å². The maximum absolute atomic E-state index is 12.2. The standard InChI is InChI=1S/C16H14N4O2S/c17-15(21)13-8-23-9-14(13)19-16(22)12-3-1-11(2-4-12)7-20-6-5-18-10-20/h1-6,8-10H,7H2,(H2,17,21)(H,19,22). The van der Waals surface area contributed by atoms with Crippen LogP contribution < -0.4 is 11.1 Å². The van der Waals surface area contributed by atoms with Gasteiger partial charge in [0.1, 0.15) is 0 Å².